The summed E-state index contributed by atoms with van der Waals surface area (Å²) in [4.78, 5) is 32.0. The molecule has 4 aromatic rings. The lowest BCUT2D eigenvalue weighted by atomic mass is 10.0. The van der Waals surface area contributed by atoms with Crippen molar-refractivity contribution in [3.05, 3.63) is 105 Å². The number of para-hydroxylation sites is 1. The molecule has 2 heterocycles. The van der Waals surface area contributed by atoms with Crippen molar-refractivity contribution >= 4 is 34.2 Å². The van der Waals surface area contributed by atoms with Gasteiger partial charge in [0.15, 0.2) is 0 Å². The number of hydrogen-bond acceptors (Lipinski definition) is 6. The van der Waals surface area contributed by atoms with E-state index in [0.717, 1.165) is 16.7 Å². The normalized spacial score (nSPS) is 12.3. The summed E-state index contributed by atoms with van der Waals surface area (Å²) >= 11 is 0. The number of rotatable bonds is 5. The fourth-order valence-electron chi connectivity index (χ4n) is 4.64. The van der Waals surface area contributed by atoms with E-state index in [9.17, 15) is 20.0 Å². The van der Waals surface area contributed by atoms with Crippen molar-refractivity contribution in [3.8, 4) is 6.07 Å². The lowest BCUT2D eigenvalue weighted by Gasteiger charge is -2.21. The van der Waals surface area contributed by atoms with Gasteiger partial charge in [-0.05, 0) is 60.0 Å². The predicted octanol–water partition coefficient (Wildman–Crippen LogP) is 4.41. The van der Waals surface area contributed by atoms with Crippen LogP contribution in [0.4, 0.5) is 11.6 Å². The minimum atomic E-state index is -1.05. The molecule has 0 saturated carbocycles. The number of aromatic carboxylic acids is 1. The SMILES string of the molecule is C=C(Nc1ccccc1C(=O)O)c1cc(C)cc2c(=O)n(C)c(N3Cc4ccc(C#N)cc4C3)nc12. The number of carbonyl (C=O) groups is 1. The summed E-state index contributed by atoms with van der Waals surface area (Å²) in [6.07, 6.45) is 0. The molecule has 0 fully saturated rings. The number of benzene rings is 3. The van der Waals surface area contributed by atoms with Crippen molar-refractivity contribution in [1.82, 2.24) is 9.55 Å². The molecule has 0 aliphatic carbocycles. The van der Waals surface area contributed by atoms with Gasteiger partial charge < -0.3 is 15.3 Å². The molecule has 0 amide bonds. The first-order valence-corrected chi connectivity index (χ1v) is 11.3. The van der Waals surface area contributed by atoms with E-state index in [0.29, 0.717) is 52.5 Å². The van der Waals surface area contributed by atoms with Crippen LogP contribution in [0.1, 0.15) is 38.2 Å². The molecular formula is C28H23N5O3. The van der Waals surface area contributed by atoms with Gasteiger partial charge in [0, 0.05) is 31.4 Å². The zero-order valence-corrected chi connectivity index (χ0v) is 19.9. The van der Waals surface area contributed by atoms with Crippen molar-refractivity contribution < 1.29 is 9.90 Å². The summed E-state index contributed by atoms with van der Waals surface area (Å²) in [5.74, 6) is -0.548. The molecule has 0 radical (unpaired) electrons. The molecule has 0 atom stereocenters. The summed E-state index contributed by atoms with van der Waals surface area (Å²) in [5, 5.41) is 22.4. The van der Waals surface area contributed by atoms with Crippen molar-refractivity contribution in [2.24, 2.45) is 7.05 Å². The molecule has 1 aromatic heterocycles. The number of carboxylic acids is 1. The molecule has 0 unspecified atom stereocenters. The molecule has 1 aliphatic rings. The largest absolute Gasteiger partial charge is 0.478 e. The van der Waals surface area contributed by atoms with Crippen LogP contribution in [0, 0.1) is 18.3 Å². The van der Waals surface area contributed by atoms with Crippen LogP contribution < -0.4 is 15.8 Å². The van der Waals surface area contributed by atoms with Crippen LogP contribution >= 0.6 is 0 Å². The molecule has 1 aliphatic heterocycles. The average molecular weight is 478 g/mol. The highest BCUT2D eigenvalue weighted by molar-refractivity contribution is 5.99. The maximum absolute atomic E-state index is 13.4. The molecule has 2 N–H and O–H groups in total. The Morgan fingerprint density at radius 2 is 1.86 bits per heavy atom. The summed E-state index contributed by atoms with van der Waals surface area (Å²) in [7, 11) is 1.70. The van der Waals surface area contributed by atoms with Crippen LogP contribution in [0.5, 0.6) is 0 Å². The lowest BCUT2D eigenvalue weighted by Crippen LogP contribution is -2.28. The van der Waals surface area contributed by atoms with Gasteiger partial charge in [0.25, 0.3) is 5.56 Å². The third kappa shape index (κ3) is 3.87. The van der Waals surface area contributed by atoms with Crippen molar-refractivity contribution in [2.75, 3.05) is 10.2 Å². The second-order valence-electron chi connectivity index (χ2n) is 8.89. The molecule has 0 saturated heterocycles. The molecule has 3 aromatic carbocycles. The van der Waals surface area contributed by atoms with Gasteiger partial charge in [-0.3, -0.25) is 9.36 Å². The van der Waals surface area contributed by atoms with E-state index in [1.807, 2.05) is 30.0 Å². The van der Waals surface area contributed by atoms with Gasteiger partial charge in [-0.15, -0.1) is 0 Å². The van der Waals surface area contributed by atoms with Crippen molar-refractivity contribution in [3.63, 3.8) is 0 Å². The van der Waals surface area contributed by atoms with Gasteiger partial charge in [-0.25, -0.2) is 9.78 Å². The lowest BCUT2D eigenvalue weighted by molar-refractivity contribution is 0.0698. The van der Waals surface area contributed by atoms with E-state index in [-0.39, 0.29) is 11.1 Å². The molecular weight excluding hydrogens is 454 g/mol. The number of carboxylic acid groups (broad SMARTS) is 1. The first-order chi connectivity index (χ1) is 17.3. The molecule has 0 spiro atoms. The van der Waals surface area contributed by atoms with E-state index >= 15 is 0 Å². The number of fused-ring (bicyclic) bond motifs is 2. The Kier molecular flexibility index (Phi) is 5.53. The first kappa shape index (κ1) is 22.9. The van der Waals surface area contributed by atoms with Crippen LogP contribution in [0.2, 0.25) is 0 Å². The van der Waals surface area contributed by atoms with E-state index in [2.05, 4.69) is 18.0 Å². The number of anilines is 2. The summed E-state index contributed by atoms with van der Waals surface area (Å²) in [5.41, 5.74) is 5.44. The highest BCUT2D eigenvalue weighted by Gasteiger charge is 2.24. The van der Waals surface area contributed by atoms with Crippen LogP contribution in [0.15, 0.2) is 66.0 Å². The topological polar surface area (TPSA) is 111 Å². The summed E-state index contributed by atoms with van der Waals surface area (Å²) in [6.45, 7) is 7.13. The number of aryl methyl sites for hydroxylation is 1. The number of aromatic nitrogens is 2. The zero-order valence-electron chi connectivity index (χ0n) is 19.9. The minimum Gasteiger partial charge on any atom is -0.478 e. The Morgan fingerprint density at radius 3 is 2.61 bits per heavy atom. The van der Waals surface area contributed by atoms with E-state index in [4.69, 9.17) is 4.98 Å². The number of nitrogens with zero attached hydrogens (tertiary/aromatic N) is 4. The molecule has 8 nitrogen and oxygen atoms in total. The first-order valence-electron chi connectivity index (χ1n) is 11.3. The van der Waals surface area contributed by atoms with Gasteiger partial charge in [0.05, 0.1) is 33.8 Å². The van der Waals surface area contributed by atoms with Crippen LogP contribution in [-0.4, -0.2) is 20.6 Å². The highest BCUT2D eigenvalue weighted by Crippen LogP contribution is 2.31. The van der Waals surface area contributed by atoms with Crippen molar-refractivity contribution in [2.45, 2.75) is 20.0 Å². The van der Waals surface area contributed by atoms with E-state index in [1.165, 1.54) is 6.07 Å². The Bertz CT molecular complexity index is 1680. The number of nitriles is 1. The minimum absolute atomic E-state index is 0.117. The number of hydrogen-bond donors (Lipinski definition) is 2. The molecule has 8 heteroatoms. The fourth-order valence-corrected chi connectivity index (χ4v) is 4.64. The fraction of sp³-hybridized carbons (Fsp3) is 0.143. The maximum Gasteiger partial charge on any atom is 0.337 e. The summed E-state index contributed by atoms with van der Waals surface area (Å²) in [6, 6.07) is 18.0. The van der Waals surface area contributed by atoms with Crippen molar-refractivity contribution in [1.29, 1.82) is 5.26 Å². The smallest absolute Gasteiger partial charge is 0.337 e. The predicted molar refractivity (Wildman–Crippen MR) is 139 cm³/mol. The second-order valence-corrected chi connectivity index (χ2v) is 8.89. The highest BCUT2D eigenvalue weighted by atomic mass is 16.4. The molecule has 0 bridgehead atoms. The van der Waals surface area contributed by atoms with Gasteiger partial charge in [-0.1, -0.05) is 24.8 Å². The maximum atomic E-state index is 13.4. The summed E-state index contributed by atoms with van der Waals surface area (Å²) < 4.78 is 1.54. The Labute approximate surface area is 207 Å². The number of nitrogens with one attached hydrogen (secondary N) is 1. The van der Waals surface area contributed by atoms with E-state index in [1.54, 1.807) is 41.9 Å². The van der Waals surface area contributed by atoms with Gasteiger partial charge in [-0.2, -0.15) is 5.26 Å². The average Bonchev–Trinajstić information content (AvgIpc) is 3.29. The van der Waals surface area contributed by atoms with Gasteiger partial charge >= 0.3 is 5.97 Å². The van der Waals surface area contributed by atoms with Crippen LogP contribution in [0.25, 0.3) is 16.6 Å². The Morgan fingerprint density at radius 1 is 1.11 bits per heavy atom. The molecule has 178 valence electrons. The Balaban J connectivity index is 1.60. The van der Waals surface area contributed by atoms with E-state index < -0.39 is 5.97 Å². The third-order valence-corrected chi connectivity index (χ3v) is 6.41. The van der Waals surface area contributed by atoms with Gasteiger partial charge in [0.1, 0.15) is 0 Å². The zero-order chi connectivity index (χ0) is 25.6. The third-order valence-electron chi connectivity index (χ3n) is 6.41. The van der Waals surface area contributed by atoms with Crippen LogP contribution in [0.3, 0.4) is 0 Å². The van der Waals surface area contributed by atoms with Crippen LogP contribution in [-0.2, 0) is 20.1 Å². The second kappa shape index (κ2) is 8.71. The molecule has 5 rings (SSSR count). The van der Waals surface area contributed by atoms with Gasteiger partial charge in [0.2, 0.25) is 5.95 Å². The monoisotopic (exact) mass is 477 g/mol. The quantitative estimate of drug-likeness (QED) is 0.438. The Hall–Kier alpha value is -4.90. The molecule has 36 heavy (non-hydrogen) atoms. The standard InChI is InChI=1S/C28H23N5O3/c1-16-10-22(17(2)30-24-7-5-4-6-21(24)27(35)36)25-23(11-16)26(34)32(3)28(31-25)33-14-19-9-8-18(13-29)12-20(19)15-33/h4-12,30H,2,14-15H2,1,3H3,(H,35,36).